The van der Waals surface area contributed by atoms with Crippen LogP contribution in [0.1, 0.15) is 5.56 Å². The van der Waals surface area contributed by atoms with Crippen LogP contribution in [0, 0.1) is 0 Å². The summed E-state index contributed by atoms with van der Waals surface area (Å²) in [5.74, 6) is -1.20. The Morgan fingerprint density at radius 1 is 1.50 bits per heavy atom. The van der Waals surface area contributed by atoms with E-state index in [2.05, 4.69) is 20.9 Å². The molecule has 0 fully saturated rings. The molecule has 2 aromatic rings. The van der Waals surface area contributed by atoms with Gasteiger partial charge in [-0.3, -0.25) is 0 Å². The standard InChI is InChI=1S/C11H10BrNO3/c12-7-1-2-8-6(3-10(14)11(15)16)5-13-9(8)4-7/h1-2,4-5,10,13-14H,3H2,(H,15,16). The maximum Gasteiger partial charge on any atom is 0.332 e. The van der Waals surface area contributed by atoms with Crippen LogP contribution in [0.4, 0.5) is 0 Å². The summed E-state index contributed by atoms with van der Waals surface area (Å²) in [4.78, 5) is 13.6. The van der Waals surface area contributed by atoms with Crippen LogP contribution >= 0.6 is 15.9 Å². The van der Waals surface area contributed by atoms with Crippen molar-refractivity contribution in [2.45, 2.75) is 12.5 Å². The van der Waals surface area contributed by atoms with Gasteiger partial charge in [0.25, 0.3) is 0 Å². The Bertz CT molecular complexity index is 535. The van der Waals surface area contributed by atoms with Crippen LogP contribution in [-0.4, -0.2) is 27.3 Å². The largest absolute Gasteiger partial charge is 0.479 e. The maximum atomic E-state index is 10.5. The summed E-state index contributed by atoms with van der Waals surface area (Å²) < 4.78 is 0.951. The lowest BCUT2D eigenvalue weighted by Gasteiger charge is -2.03. The highest BCUT2D eigenvalue weighted by atomic mass is 79.9. The van der Waals surface area contributed by atoms with E-state index in [4.69, 9.17) is 5.11 Å². The third kappa shape index (κ3) is 2.10. The van der Waals surface area contributed by atoms with Crippen molar-refractivity contribution in [1.82, 2.24) is 4.98 Å². The molecule has 5 heteroatoms. The molecule has 1 heterocycles. The zero-order chi connectivity index (χ0) is 11.7. The van der Waals surface area contributed by atoms with Crippen molar-refractivity contribution in [1.29, 1.82) is 0 Å². The molecule has 1 aromatic carbocycles. The Balaban J connectivity index is 2.35. The molecule has 2 rings (SSSR count). The molecular weight excluding hydrogens is 274 g/mol. The lowest BCUT2D eigenvalue weighted by molar-refractivity contribution is -0.146. The molecule has 1 unspecified atom stereocenters. The number of aliphatic hydroxyl groups excluding tert-OH is 1. The van der Waals surface area contributed by atoms with E-state index in [1.54, 1.807) is 6.20 Å². The summed E-state index contributed by atoms with van der Waals surface area (Å²) in [7, 11) is 0. The van der Waals surface area contributed by atoms with Gasteiger partial charge in [-0.15, -0.1) is 0 Å². The highest BCUT2D eigenvalue weighted by Crippen LogP contribution is 2.23. The van der Waals surface area contributed by atoms with Gasteiger partial charge in [0.1, 0.15) is 0 Å². The van der Waals surface area contributed by atoms with Crippen molar-refractivity contribution in [3.63, 3.8) is 0 Å². The summed E-state index contributed by atoms with van der Waals surface area (Å²) in [5, 5.41) is 18.9. The quantitative estimate of drug-likeness (QED) is 0.806. The van der Waals surface area contributed by atoms with Crippen LogP contribution in [0.25, 0.3) is 10.9 Å². The first-order chi connectivity index (χ1) is 7.58. The van der Waals surface area contributed by atoms with Crippen LogP contribution in [0.2, 0.25) is 0 Å². The fourth-order valence-electron chi connectivity index (χ4n) is 1.62. The first kappa shape index (κ1) is 11.2. The van der Waals surface area contributed by atoms with Gasteiger partial charge >= 0.3 is 5.97 Å². The molecule has 0 spiro atoms. The first-order valence-electron chi connectivity index (χ1n) is 4.74. The van der Waals surface area contributed by atoms with Crippen LogP contribution in [0.15, 0.2) is 28.9 Å². The zero-order valence-electron chi connectivity index (χ0n) is 8.27. The highest BCUT2D eigenvalue weighted by Gasteiger charge is 2.15. The number of benzene rings is 1. The van der Waals surface area contributed by atoms with E-state index in [0.29, 0.717) is 0 Å². The van der Waals surface area contributed by atoms with E-state index < -0.39 is 12.1 Å². The van der Waals surface area contributed by atoms with Gasteiger partial charge in [0.15, 0.2) is 6.10 Å². The topological polar surface area (TPSA) is 73.3 Å². The molecule has 84 valence electrons. The number of H-pyrrole nitrogens is 1. The van der Waals surface area contributed by atoms with E-state index in [9.17, 15) is 9.90 Å². The summed E-state index contributed by atoms with van der Waals surface area (Å²) in [6, 6.07) is 5.68. The molecule has 0 radical (unpaired) electrons. The van der Waals surface area contributed by atoms with Gasteiger partial charge in [-0.05, 0) is 17.7 Å². The van der Waals surface area contributed by atoms with Crippen LogP contribution < -0.4 is 0 Å². The van der Waals surface area contributed by atoms with Gasteiger partial charge in [-0.2, -0.15) is 0 Å². The minimum atomic E-state index is -1.36. The smallest absolute Gasteiger partial charge is 0.332 e. The Labute approximate surface area is 100 Å². The number of carboxylic acid groups (broad SMARTS) is 1. The van der Waals surface area contributed by atoms with Crippen molar-refractivity contribution in [2.24, 2.45) is 0 Å². The second kappa shape index (κ2) is 4.27. The normalized spacial score (nSPS) is 12.9. The summed E-state index contributed by atoms with van der Waals surface area (Å²) >= 11 is 3.35. The van der Waals surface area contributed by atoms with Gasteiger partial charge in [-0.25, -0.2) is 4.79 Å². The third-order valence-corrected chi connectivity index (χ3v) is 2.92. The van der Waals surface area contributed by atoms with E-state index in [0.717, 1.165) is 20.9 Å². The van der Waals surface area contributed by atoms with E-state index in [1.165, 1.54) is 0 Å². The lowest BCUT2D eigenvalue weighted by atomic mass is 10.1. The van der Waals surface area contributed by atoms with Crippen LogP contribution in [0.3, 0.4) is 0 Å². The SMILES string of the molecule is O=C(O)C(O)Cc1c[nH]c2cc(Br)ccc12. The zero-order valence-corrected chi connectivity index (χ0v) is 9.86. The predicted molar refractivity (Wildman–Crippen MR) is 63.3 cm³/mol. The molecule has 3 N–H and O–H groups in total. The van der Waals surface area contributed by atoms with E-state index in [-0.39, 0.29) is 6.42 Å². The number of hydrogen-bond acceptors (Lipinski definition) is 2. The molecule has 0 amide bonds. The van der Waals surface area contributed by atoms with Crippen molar-refractivity contribution in [2.75, 3.05) is 0 Å². The number of halogens is 1. The lowest BCUT2D eigenvalue weighted by Crippen LogP contribution is -2.21. The number of hydrogen-bond donors (Lipinski definition) is 3. The molecule has 0 saturated heterocycles. The fraction of sp³-hybridized carbons (Fsp3) is 0.182. The van der Waals surface area contributed by atoms with Gasteiger partial charge in [-0.1, -0.05) is 22.0 Å². The Kier molecular flexibility index (Phi) is 2.98. The van der Waals surface area contributed by atoms with E-state index >= 15 is 0 Å². The molecular formula is C11H10BrNO3. The Hall–Kier alpha value is -1.33. The van der Waals surface area contributed by atoms with Crippen molar-refractivity contribution < 1.29 is 15.0 Å². The fourth-order valence-corrected chi connectivity index (χ4v) is 1.98. The molecule has 1 atom stereocenters. The second-order valence-electron chi connectivity index (χ2n) is 3.56. The average molecular weight is 284 g/mol. The number of aromatic amines is 1. The molecule has 4 nitrogen and oxygen atoms in total. The minimum Gasteiger partial charge on any atom is -0.479 e. The van der Waals surface area contributed by atoms with Gasteiger partial charge in [0, 0.05) is 28.0 Å². The van der Waals surface area contributed by atoms with Gasteiger partial charge in [0.05, 0.1) is 0 Å². The molecule has 0 bridgehead atoms. The number of carbonyl (C=O) groups is 1. The summed E-state index contributed by atoms with van der Waals surface area (Å²) in [5.41, 5.74) is 1.72. The van der Waals surface area contributed by atoms with Gasteiger partial charge in [0.2, 0.25) is 0 Å². The number of carboxylic acids is 1. The van der Waals surface area contributed by atoms with Crippen molar-refractivity contribution in [3.8, 4) is 0 Å². The Morgan fingerprint density at radius 3 is 2.94 bits per heavy atom. The number of rotatable bonds is 3. The molecule has 0 aliphatic heterocycles. The van der Waals surface area contributed by atoms with E-state index in [1.807, 2.05) is 18.2 Å². The van der Waals surface area contributed by atoms with Crippen molar-refractivity contribution in [3.05, 3.63) is 34.4 Å². The predicted octanol–water partition coefficient (Wildman–Crippen LogP) is 1.92. The highest BCUT2D eigenvalue weighted by molar-refractivity contribution is 9.10. The minimum absolute atomic E-state index is 0.108. The number of aromatic nitrogens is 1. The first-order valence-corrected chi connectivity index (χ1v) is 5.53. The molecule has 0 aliphatic rings. The number of aliphatic hydroxyl groups is 1. The van der Waals surface area contributed by atoms with Crippen LogP contribution in [0.5, 0.6) is 0 Å². The maximum absolute atomic E-state index is 10.5. The summed E-state index contributed by atoms with van der Waals surface area (Å²) in [6.45, 7) is 0. The average Bonchev–Trinajstić information content (AvgIpc) is 2.60. The van der Waals surface area contributed by atoms with Gasteiger partial charge < -0.3 is 15.2 Å². The number of aliphatic carboxylic acids is 1. The number of nitrogens with one attached hydrogen (secondary N) is 1. The monoisotopic (exact) mass is 283 g/mol. The second-order valence-corrected chi connectivity index (χ2v) is 4.48. The molecule has 16 heavy (non-hydrogen) atoms. The van der Waals surface area contributed by atoms with Crippen LogP contribution in [-0.2, 0) is 11.2 Å². The molecule has 0 saturated carbocycles. The molecule has 1 aromatic heterocycles. The van der Waals surface area contributed by atoms with Crippen molar-refractivity contribution >= 4 is 32.8 Å². The summed E-state index contributed by atoms with van der Waals surface area (Å²) in [6.07, 6.45) is 0.475. The Morgan fingerprint density at radius 2 is 2.25 bits per heavy atom. The third-order valence-electron chi connectivity index (χ3n) is 2.43. The molecule has 0 aliphatic carbocycles. The number of fused-ring (bicyclic) bond motifs is 1.